The van der Waals surface area contributed by atoms with E-state index in [4.69, 9.17) is 9.47 Å². The first-order valence-corrected chi connectivity index (χ1v) is 7.56. The fraction of sp³-hybridized carbons (Fsp3) is 0.333. The molecule has 2 aliphatic heterocycles. The zero-order chi connectivity index (χ0) is 14.2. The van der Waals surface area contributed by atoms with Crippen LogP contribution in [0.1, 0.15) is 12.5 Å². The van der Waals surface area contributed by atoms with Crippen molar-refractivity contribution in [1.82, 2.24) is 0 Å². The van der Waals surface area contributed by atoms with Crippen molar-refractivity contribution in [3.05, 3.63) is 42.0 Å². The summed E-state index contributed by atoms with van der Waals surface area (Å²) in [4.78, 5) is 0. The molecule has 0 saturated carbocycles. The van der Waals surface area contributed by atoms with Crippen LogP contribution in [0.5, 0.6) is 11.5 Å². The molecule has 1 atom stereocenters. The second-order valence-corrected chi connectivity index (χ2v) is 5.94. The summed E-state index contributed by atoms with van der Waals surface area (Å²) in [5.74, 6) is 2.12. The number of rotatable bonds is 1. The molecule has 108 valence electrons. The van der Waals surface area contributed by atoms with Crippen molar-refractivity contribution < 1.29 is 9.47 Å². The van der Waals surface area contributed by atoms with E-state index in [9.17, 15) is 0 Å². The summed E-state index contributed by atoms with van der Waals surface area (Å²) in [5, 5.41) is 3.43. The Kier molecular flexibility index (Phi) is 2.99. The Morgan fingerprint density at radius 1 is 0.952 bits per heavy atom. The molecule has 2 heterocycles. The molecule has 0 saturated heterocycles. The molecule has 1 unspecified atom stereocenters. The minimum absolute atomic E-state index is 0.421. The van der Waals surface area contributed by atoms with Gasteiger partial charge in [0, 0.05) is 18.2 Å². The highest BCUT2D eigenvalue weighted by Gasteiger charge is 2.16. The fourth-order valence-electron chi connectivity index (χ4n) is 2.90. The Balaban J connectivity index is 1.70. The van der Waals surface area contributed by atoms with Gasteiger partial charge in [0.15, 0.2) is 11.5 Å². The van der Waals surface area contributed by atoms with Gasteiger partial charge in [-0.2, -0.15) is 0 Å². The molecule has 0 amide bonds. The van der Waals surface area contributed by atoms with Crippen molar-refractivity contribution in [3.63, 3.8) is 0 Å². The van der Waals surface area contributed by atoms with E-state index in [0.29, 0.717) is 12.5 Å². The third-order valence-corrected chi connectivity index (χ3v) is 4.14. The topological polar surface area (TPSA) is 30.5 Å². The van der Waals surface area contributed by atoms with Gasteiger partial charge in [-0.25, -0.2) is 0 Å². The predicted octanol–water partition coefficient (Wildman–Crippen LogP) is 3.73. The predicted molar refractivity (Wildman–Crippen MR) is 84.2 cm³/mol. The molecule has 0 spiro atoms. The Morgan fingerprint density at radius 3 is 2.62 bits per heavy atom. The number of hydrogen-bond donors (Lipinski definition) is 1. The Labute approximate surface area is 124 Å². The van der Waals surface area contributed by atoms with Crippen LogP contribution in [0.4, 0.5) is 5.69 Å². The van der Waals surface area contributed by atoms with Crippen molar-refractivity contribution in [3.8, 4) is 22.6 Å². The number of hydrogen-bond acceptors (Lipinski definition) is 3. The Hall–Kier alpha value is -2.16. The first-order chi connectivity index (χ1) is 10.3. The van der Waals surface area contributed by atoms with Gasteiger partial charge in [-0.15, -0.1) is 0 Å². The van der Waals surface area contributed by atoms with Crippen molar-refractivity contribution in [2.75, 3.05) is 25.1 Å². The molecule has 1 N–H and O–H groups in total. The molecule has 4 rings (SSSR count). The molecule has 3 nitrogen and oxygen atoms in total. The van der Waals surface area contributed by atoms with Crippen molar-refractivity contribution in [2.45, 2.75) is 13.3 Å². The molecule has 0 aliphatic carbocycles. The normalized spacial score (nSPS) is 19.6. The van der Waals surface area contributed by atoms with Crippen molar-refractivity contribution >= 4 is 5.69 Å². The Bertz CT molecular complexity index is 681. The lowest BCUT2D eigenvalue weighted by molar-refractivity contribution is 0.228. The van der Waals surface area contributed by atoms with E-state index in [1.165, 1.54) is 22.4 Å². The summed E-state index contributed by atoms with van der Waals surface area (Å²) < 4.78 is 11.7. The minimum Gasteiger partial charge on any atom is -0.489 e. The van der Waals surface area contributed by atoms with Crippen LogP contribution >= 0.6 is 0 Å². The molecule has 0 bridgehead atoms. The highest BCUT2D eigenvalue weighted by atomic mass is 16.5. The molecule has 21 heavy (non-hydrogen) atoms. The van der Waals surface area contributed by atoms with E-state index in [1.54, 1.807) is 0 Å². The maximum atomic E-state index is 5.87. The third kappa shape index (κ3) is 2.33. The smallest absolute Gasteiger partial charge is 0.161 e. The maximum Gasteiger partial charge on any atom is 0.161 e. The summed E-state index contributed by atoms with van der Waals surface area (Å²) in [6.45, 7) is 4.61. The lowest BCUT2D eigenvalue weighted by atomic mass is 10.0. The number of fused-ring (bicyclic) bond motifs is 2. The summed E-state index contributed by atoms with van der Waals surface area (Å²) in [7, 11) is 0. The molecule has 3 heteroatoms. The second kappa shape index (κ2) is 4.99. The molecular weight excluding hydrogens is 262 g/mol. The number of nitrogens with one attached hydrogen (secondary N) is 1. The van der Waals surface area contributed by atoms with Crippen molar-refractivity contribution in [1.29, 1.82) is 0 Å². The maximum absolute atomic E-state index is 5.87. The molecule has 0 fully saturated rings. The quantitative estimate of drug-likeness (QED) is 0.864. The van der Waals surface area contributed by atoms with Gasteiger partial charge < -0.3 is 14.8 Å². The lowest BCUT2D eigenvalue weighted by Crippen LogP contribution is -2.12. The van der Waals surface area contributed by atoms with E-state index in [0.717, 1.165) is 31.1 Å². The first-order valence-electron chi connectivity index (χ1n) is 7.56. The minimum atomic E-state index is 0.421. The standard InChI is InChI=1S/C18H19NO2/c1-12-10-20-17-5-4-15(9-18(17)21-11-12)14-3-2-13-6-7-19-16(13)8-14/h2-5,8-9,12,19H,6-7,10-11H2,1H3. The van der Waals surface area contributed by atoms with Crippen LogP contribution in [0, 0.1) is 5.92 Å². The van der Waals surface area contributed by atoms with Gasteiger partial charge in [-0.05, 0) is 41.3 Å². The average molecular weight is 281 g/mol. The highest BCUT2D eigenvalue weighted by Crippen LogP contribution is 2.36. The van der Waals surface area contributed by atoms with Gasteiger partial charge in [0.2, 0.25) is 0 Å². The van der Waals surface area contributed by atoms with Crippen LogP contribution in [-0.2, 0) is 6.42 Å². The van der Waals surface area contributed by atoms with Gasteiger partial charge in [0.1, 0.15) is 0 Å². The fourth-order valence-corrected chi connectivity index (χ4v) is 2.90. The van der Waals surface area contributed by atoms with Gasteiger partial charge in [0.25, 0.3) is 0 Å². The monoisotopic (exact) mass is 281 g/mol. The molecule has 2 aromatic rings. The van der Waals surface area contributed by atoms with Crippen LogP contribution in [0.25, 0.3) is 11.1 Å². The Morgan fingerprint density at radius 2 is 1.71 bits per heavy atom. The van der Waals surface area contributed by atoms with E-state index in [1.807, 2.05) is 6.07 Å². The summed E-state index contributed by atoms with van der Waals surface area (Å²) in [6, 6.07) is 12.8. The molecule has 2 aliphatic rings. The highest BCUT2D eigenvalue weighted by molar-refractivity contribution is 5.73. The first kappa shape index (κ1) is 12.6. The van der Waals surface area contributed by atoms with E-state index >= 15 is 0 Å². The van der Waals surface area contributed by atoms with Gasteiger partial charge in [-0.3, -0.25) is 0 Å². The van der Waals surface area contributed by atoms with Crippen LogP contribution in [0.3, 0.4) is 0 Å². The number of anilines is 1. The van der Waals surface area contributed by atoms with Crippen LogP contribution in [0.2, 0.25) is 0 Å². The zero-order valence-corrected chi connectivity index (χ0v) is 12.2. The van der Waals surface area contributed by atoms with Crippen LogP contribution in [-0.4, -0.2) is 19.8 Å². The molecule has 2 aromatic carbocycles. The zero-order valence-electron chi connectivity index (χ0n) is 12.2. The second-order valence-electron chi connectivity index (χ2n) is 5.94. The summed E-state index contributed by atoms with van der Waals surface area (Å²) >= 11 is 0. The van der Waals surface area contributed by atoms with Crippen LogP contribution in [0.15, 0.2) is 36.4 Å². The molecule has 0 aromatic heterocycles. The third-order valence-electron chi connectivity index (χ3n) is 4.14. The van der Waals surface area contributed by atoms with E-state index < -0.39 is 0 Å². The largest absolute Gasteiger partial charge is 0.489 e. The molecule has 0 radical (unpaired) electrons. The number of benzene rings is 2. The summed E-state index contributed by atoms with van der Waals surface area (Å²) in [5.41, 5.74) is 5.05. The van der Waals surface area contributed by atoms with Gasteiger partial charge in [-0.1, -0.05) is 25.1 Å². The average Bonchev–Trinajstić information content (AvgIpc) is 2.90. The van der Waals surface area contributed by atoms with E-state index in [-0.39, 0.29) is 0 Å². The van der Waals surface area contributed by atoms with Crippen molar-refractivity contribution in [2.24, 2.45) is 5.92 Å². The van der Waals surface area contributed by atoms with Crippen LogP contribution < -0.4 is 14.8 Å². The van der Waals surface area contributed by atoms with Gasteiger partial charge in [0.05, 0.1) is 13.2 Å². The number of ether oxygens (including phenoxy) is 2. The van der Waals surface area contributed by atoms with E-state index in [2.05, 4.69) is 42.6 Å². The van der Waals surface area contributed by atoms with Gasteiger partial charge >= 0.3 is 0 Å². The lowest BCUT2D eigenvalue weighted by Gasteiger charge is -2.10. The molecular formula is C18H19NO2. The summed E-state index contributed by atoms with van der Waals surface area (Å²) in [6.07, 6.45) is 1.12. The SMILES string of the molecule is CC1COc2ccc(-c3ccc4c(c3)NCC4)cc2OC1.